The number of nitrogens with one attached hydrogen (secondary N) is 1. The van der Waals surface area contributed by atoms with Crippen LogP contribution in [0, 0.1) is 6.92 Å². The Bertz CT molecular complexity index is 963. The minimum atomic E-state index is -1.04. The highest BCUT2D eigenvalue weighted by Gasteiger charge is 2.49. The van der Waals surface area contributed by atoms with Crippen LogP contribution < -0.4 is 5.32 Å². The van der Waals surface area contributed by atoms with Gasteiger partial charge in [-0.2, -0.15) is 11.3 Å². The molecule has 5 nitrogen and oxygen atoms in total. The third-order valence-corrected chi connectivity index (χ3v) is 6.17. The van der Waals surface area contributed by atoms with E-state index in [1.807, 2.05) is 53.4 Å². The molecule has 7 heteroatoms. The molecule has 0 spiro atoms. The molecule has 1 aliphatic heterocycles. The zero-order valence-corrected chi connectivity index (χ0v) is 16.0. The highest BCUT2D eigenvalue weighted by Crippen LogP contribution is 2.31. The van der Waals surface area contributed by atoms with E-state index in [0.717, 1.165) is 21.7 Å². The van der Waals surface area contributed by atoms with Gasteiger partial charge in [-0.05, 0) is 30.9 Å². The first-order valence-corrected chi connectivity index (χ1v) is 9.98. The average molecular weight is 383 g/mol. The van der Waals surface area contributed by atoms with E-state index in [1.54, 1.807) is 18.3 Å². The van der Waals surface area contributed by atoms with Crippen molar-refractivity contribution in [2.24, 2.45) is 0 Å². The minimum Gasteiger partial charge on any atom is -0.319 e. The molecule has 0 saturated carbocycles. The van der Waals surface area contributed by atoms with Gasteiger partial charge in [0.15, 0.2) is 0 Å². The summed E-state index contributed by atoms with van der Waals surface area (Å²) < 4.78 is 0. The van der Waals surface area contributed by atoms with E-state index in [0.29, 0.717) is 5.69 Å². The molecule has 0 aliphatic carbocycles. The van der Waals surface area contributed by atoms with Crippen molar-refractivity contribution < 1.29 is 9.59 Å². The molecule has 1 atom stereocenters. The molecule has 0 radical (unpaired) electrons. The fourth-order valence-electron chi connectivity index (χ4n) is 2.98. The van der Waals surface area contributed by atoms with Gasteiger partial charge >= 0.3 is 6.03 Å². The van der Waals surface area contributed by atoms with Crippen molar-refractivity contribution in [1.82, 2.24) is 15.2 Å². The molecular weight excluding hydrogens is 366 g/mol. The first kappa shape index (κ1) is 16.9. The zero-order chi connectivity index (χ0) is 18.3. The maximum absolute atomic E-state index is 13.0. The number of rotatable bonds is 4. The van der Waals surface area contributed by atoms with Crippen molar-refractivity contribution >= 4 is 34.6 Å². The number of aromatic nitrogens is 1. The van der Waals surface area contributed by atoms with E-state index < -0.39 is 5.54 Å². The molecule has 0 unspecified atom stereocenters. The molecule has 3 aromatic rings. The summed E-state index contributed by atoms with van der Waals surface area (Å²) in [4.78, 5) is 31.2. The summed E-state index contributed by atoms with van der Waals surface area (Å²) in [7, 11) is 0. The van der Waals surface area contributed by atoms with E-state index in [1.165, 1.54) is 16.2 Å². The fourth-order valence-corrected chi connectivity index (χ4v) is 4.51. The highest BCUT2D eigenvalue weighted by molar-refractivity contribution is 7.14. The average Bonchev–Trinajstić information content (AvgIpc) is 3.34. The number of imide groups is 1. The molecule has 3 amide bonds. The smallest absolute Gasteiger partial charge is 0.319 e. The molecule has 4 rings (SSSR count). The van der Waals surface area contributed by atoms with Crippen molar-refractivity contribution in [3.8, 4) is 10.6 Å². The number of nitrogens with zero attached hydrogens (tertiary/aromatic N) is 2. The minimum absolute atomic E-state index is 0.173. The van der Waals surface area contributed by atoms with Gasteiger partial charge in [-0.25, -0.2) is 9.78 Å². The van der Waals surface area contributed by atoms with Crippen molar-refractivity contribution in [1.29, 1.82) is 0 Å². The molecule has 1 saturated heterocycles. The molecule has 0 bridgehead atoms. The number of thiophene rings is 1. The van der Waals surface area contributed by atoms with Gasteiger partial charge in [0.2, 0.25) is 0 Å². The summed E-state index contributed by atoms with van der Waals surface area (Å²) in [5.74, 6) is -0.253. The SMILES string of the molecule is Cc1ccc([C@]2(C)NC(=O)N(Cc3csc(-c4ccsc4)n3)C2=O)cc1. The van der Waals surface area contributed by atoms with Crippen molar-refractivity contribution in [3.05, 3.63) is 63.3 Å². The third kappa shape index (κ3) is 2.83. The van der Waals surface area contributed by atoms with Crippen LogP contribution in [0.4, 0.5) is 4.79 Å². The Kier molecular flexibility index (Phi) is 4.13. The molecule has 2 aromatic heterocycles. The van der Waals surface area contributed by atoms with Crippen molar-refractivity contribution in [3.63, 3.8) is 0 Å². The maximum atomic E-state index is 13.0. The van der Waals surface area contributed by atoms with Crippen LogP contribution in [0.1, 0.15) is 23.7 Å². The van der Waals surface area contributed by atoms with Gasteiger partial charge in [-0.1, -0.05) is 29.8 Å². The predicted octanol–water partition coefficient (Wildman–Crippen LogP) is 4.15. The number of urea groups is 1. The first-order valence-electron chi connectivity index (χ1n) is 8.15. The lowest BCUT2D eigenvalue weighted by atomic mass is 9.91. The Morgan fingerprint density at radius 3 is 2.62 bits per heavy atom. The first-order chi connectivity index (χ1) is 12.5. The lowest BCUT2D eigenvalue weighted by Crippen LogP contribution is -2.40. The second kappa shape index (κ2) is 6.34. The standard InChI is InChI=1S/C19H17N3O2S2/c1-12-3-5-14(6-4-12)19(2)17(23)22(18(24)21-19)9-15-11-26-16(20-15)13-7-8-25-10-13/h3-8,10-11H,9H2,1-2H3,(H,21,24)/t19-/m0/s1. The van der Waals surface area contributed by atoms with Gasteiger partial charge in [-0.15, -0.1) is 11.3 Å². The van der Waals surface area contributed by atoms with Crippen LogP contribution in [-0.2, 0) is 16.9 Å². The summed E-state index contributed by atoms with van der Waals surface area (Å²) in [5, 5.41) is 9.66. The van der Waals surface area contributed by atoms with Crippen molar-refractivity contribution in [2.45, 2.75) is 25.9 Å². The van der Waals surface area contributed by atoms with E-state index in [9.17, 15) is 9.59 Å². The second-order valence-electron chi connectivity index (χ2n) is 6.47. The quantitative estimate of drug-likeness (QED) is 0.689. The molecule has 1 aliphatic rings. The lowest BCUT2D eigenvalue weighted by Gasteiger charge is -2.22. The lowest BCUT2D eigenvalue weighted by molar-refractivity contribution is -0.131. The number of thiazole rings is 1. The second-order valence-corrected chi connectivity index (χ2v) is 8.11. The number of hydrogen-bond donors (Lipinski definition) is 1. The van der Waals surface area contributed by atoms with Crippen LogP contribution in [0.2, 0.25) is 0 Å². The van der Waals surface area contributed by atoms with Gasteiger partial charge in [-0.3, -0.25) is 9.69 Å². The maximum Gasteiger partial charge on any atom is 0.325 e. The predicted molar refractivity (Wildman–Crippen MR) is 103 cm³/mol. The van der Waals surface area contributed by atoms with Gasteiger partial charge in [0.05, 0.1) is 12.2 Å². The monoisotopic (exact) mass is 383 g/mol. The summed E-state index contributed by atoms with van der Waals surface area (Å²) >= 11 is 3.13. The van der Waals surface area contributed by atoms with Crippen LogP contribution >= 0.6 is 22.7 Å². The molecule has 1 aromatic carbocycles. The van der Waals surface area contributed by atoms with Gasteiger partial charge in [0.1, 0.15) is 10.5 Å². The largest absolute Gasteiger partial charge is 0.325 e. The zero-order valence-electron chi connectivity index (χ0n) is 14.4. The molecule has 3 heterocycles. The summed E-state index contributed by atoms with van der Waals surface area (Å²) in [6, 6.07) is 9.27. The Morgan fingerprint density at radius 2 is 1.92 bits per heavy atom. The van der Waals surface area contributed by atoms with E-state index in [-0.39, 0.29) is 18.5 Å². The highest BCUT2D eigenvalue weighted by atomic mass is 32.1. The number of hydrogen-bond acceptors (Lipinski definition) is 5. The molecule has 1 N–H and O–H groups in total. The summed E-state index contributed by atoms with van der Waals surface area (Å²) in [5.41, 5.74) is 2.62. The van der Waals surface area contributed by atoms with Crippen LogP contribution in [0.15, 0.2) is 46.5 Å². The van der Waals surface area contributed by atoms with E-state index in [4.69, 9.17) is 0 Å². The molecule has 1 fully saturated rings. The number of carbonyl (C=O) groups excluding carboxylic acids is 2. The van der Waals surface area contributed by atoms with Gasteiger partial charge in [0.25, 0.3) is 5.91 Å². The molecular formula is C19H17N3O2S2. The Labute approximate surface area is 159 Å². The number of amides is 3. The normalized spacial score (nSPS) is 19.8. The van der Waals surface area contributed by atoms with Crippen LogP contribution in [0.25, 0.3) is 10.6 Å². The number of carbonyl (C=O) groups is 2. The molecule has 26 heavy (non-hydrogen) atoms. The van der Waals surface area contributed by atoms with Gasteiger partial charge in [0, 0.05) is 16.3 Å². The molecule has 132 valence electrons. The Hall–Kier alpha value is -2.51. The van der Waals surface area contributed by atoms with Crippen LogP contribution in [-0.4, -0.2) is 21.8 Å². The van der Waals surface area contributed by atoms with Crippen molar-refractivity contribution in [2.75, 3.05) is 0 Å². The van der Waals surface area contributed by atoms with E-state index in [2.05, 4.69) is 10.3 Å². The summed E-state index contributed by atoms with van der Waals surface area (Å²) in [6.07, 6.45) is 0. The topological polar surface area (TPSA) is 62.3 Å². The fraction of sp³-hybridized carbons (Fsp3) is 0.211. The third-order valence-electron chi connectivity index (χ3n) is 4.54. The number of aryl methyl sites for hydroxylation is 1. The Morgan fingerprint density at radius 1 is 1.15 bits per heavy atom. The van der Waals surface area contributed by atoms with Crippen LogP contribution in [0.5, 0.6) is 0 Å². The van der Waals surface area contributed by atoms with E-state index >= 15 is 0 Å². The van der Waals surface area contributed by atoms with Crippen LogP contribution in [0.3, 0.4) is 0 Å². The van der Waals surface area contributed by atoms with Gasteiger partial charge < -0.3 is 5.32 Å². The summed E-state index contributed by atoms with van der Waals surface area (Å²) in [6.45, 7) is 3.91. The number of benzene rings is 1. The Balaban J connectivity index is 1.57.